The lowest BCUT2D eigenvalue weighted by atomic mass is 10.1. The Balaban J connectivity index is 1.63. The predicted molar refractivity (Wildman–Crippen MR) is 103 cm³/mol. The molecule has 0 fully saturated rings. The maximum atomic E-state index is 12.6. The van der Waals surface area contributed by atoms with Gasteiger partial charge in [0.25, 0.3) is 5.91 Å². The second-order valence-electron chi connectivity index (χ2n) is 6.49. The normalized spacial score (nSPS) is 10.7. The van der Waals surface area contributed by atoms with Crippen LogP contribution in [-0.2, 0) is 16.1 Å². The quantitative estimate of drug-likeness (QED) is 0.651. The summed E-state index contributed by atoms with van der Waals surface area (Å²) in [6, 6.07) is 15.4. The van der Waals surface area contributed by atoms with Gasteiger partial charge in [-0.1, -0.05) is 55.0 Å². The predicted octanol–water partition coefficient (Wildman–Crippen LogP) is 3.47. The van der Waals surface area contributed by atoms with E-state index in [-0.39, 0.29) is 18.2 Å². The zero-order valence-corrected chi connectivity index (χ0v) is 15.6. The Morgan fingerprint density at radius 1 is 1.11 bits per heavy atom. The van der Waals surface area contributed by atoms with Gasteiger partial charge in [0.05, 0.1) is 5.52 Å². The molecule has 27 heavy (non-hydrogen) atoms. The Kier molecular flexibility index (Phi) is 5.86. The first-order valence-corrected chi connectivity index (χ1v) is 9.02. The summed E-state index contributed by atoms with van der Waals surface area (Å²) < 4.78 is 5.23. The van der Waals surface area contributed by atoms with E-state index in [1.54, 1.807) is 11.0 Å². The van der Waals surface area contributed by atoms with Crippen LogP contribution in [-0.4, -0.2) is 40.1 Å². The van der Waals surface area contributed by atoms with Crippen LogP contribution in [0.25, 0.3) is 10.9 Å². The maximum Gasteiger partial charge on any atom is 0.359 e. The lowest BCUT2D eigenvalue weighted by Crippen LogP contribution is -2.35. The largest absolute Gasteiger partial charge is 0.451 e. The highest BCUT2D eigenvalue weighted by molar-refractivity contribution is 6.02. The Morgan fingerprint density at radius 3 is 2.59 bits per heavy atom. The van der Waals surface area contributed by atoms with Gasteiger partial charge in [0.2, 0.25) is 0 Å². The average molecular weight is 365 g/mol. The number of H-pyrrole nitrogens is 1. The van der Waals surface area contributed by atoms with Gasteiger partial charge in [-0.3, -0.25) is 9.89 Å². The van der Waals surface area contributed by atoms with Crippen LogP contribution >= 0.6 is 0 Å². The molecule has 1 amide bonds. The van der Waals surface area contributed by atoms with Crippen molar-refractivity contribution >= 4 is 22.8 Å². The molecule has 3 aromatic rings. The van der Waals surface area contributed by atoms with Crippen LogP contribution in [0.4, 0.5) is 0 Å². The van der Waals surface area contributed by atoms with E-state index >= 15 is 0 Å². The van der Waals surface area contributed by atoms with E-state index in [4.69, 9.17) is 4.74 Å². The van der Waals surface area contributed by atoms with Crippen molar-refractivity contribution in [1.29, 1.82) is 0 Å². The maximum absolute atomic E-state index is 12.6. The highest BCUT2D eigenvalue weighted by atomic mass is 16.5. The fourth-order valence-electron chi connectivity index (χ4n) is 2.88. The zero-order chi connectivity index (χ0) is 19.2. The minimum Gasteiger partial charge on any atom is -0.451 e. The average Bonchev–Trinajstić information content (AvgIpc) is 3.11. The molecule has 140 valence electrons. The highest BCUT2D eigenvalue weighted by Crippen LogP contribution is 2.16. The summed E-state index contributed by atoms with van der Waals surface area (Å²) in [5.41, 5.74) is 3.17. The number of benzene rings is 2. The molecule has 0 spiro atoms. The number of fused-ring (bicyclic) bond motifs is 1. The van der Waals surface area contributed by atoms with Gasteiger partial charge in [-0.2, -0.15) is 5.10 Å². The molecule has 1 aromatic heterocycles. The Bertz CT molecular complexity index is 931. The van der Waals surface area contributed by atoms with Gasteiger partial charge in [-0.15, -0.1) is 0 Å². The van der Waals surface area contributed by atoms with E-state index < -0.39 is 5.97 Å². The molecule has 1 heterocycles. The monoisotopic (exact) mass is 365 g/mol. The second-order valence-corrected chi connectivity index (χ2v) is 6.49. The molecule has 0 aliphatic heterocycles. The van der Waals surface area contributed by atoms with Crippen molar-refractivity contribution in [3.05, 3.63) is 65.4 Å². The number of hydrogen-bond acceptors (Lipinski definition) is 4. The van der Waals surface area contributed by atoms with E-state index in [0.29, 0.717) is 18.5 Å². The summed E-state index contributed by atoms with van der Waals surface area (Å²) in [7, 11) is 0. The number of para-hydroxylation sites is 1. The number of aromatic nitrogens is 2. The van der Waals surface area contributed by atoms with Crippen molar-refractivity contribution in [3.8, 4) is 0 Å². The van der Waals surface area contributed by atoms with Crippen LogP contribution in [0, 0.1) is 6.92 Å². The number of nitrogens with one attached hydrogen (secondary N) is 1. The summed E-state index contributed by atoms with van der Waals surface area (Å²) >= 11 is 0. The van der Waals surface area contributed by atoms with E-state index in [2.05, 4.69) is 10.2 Å². The minimum atomic E-state index is -0.604. The number of carbonyl (C=O) groups is 2. The summed E-state index contributed by atoms with van der Waals surface area (Å²) in [4.78, 5) is 26.6. The van der Waals surface area contributed by atoms with E-state index in [9.17, 15) is 9.59 Å². The number of amides is 1. The van der Waals surface area contributed by atoms with Crippen LogP contribution in [0.2, 0.25) is 0 Å². The van der Waals surface area contributed by atoms with Crippen LogP contribution in [0.3, 0.4) is 0 Å². The molecule has 6 heteroatoms. The molecule has 0 aliphatic carbocycles. The number of esters is 1. The van der Waals surface area contributed by atoms with E-state index in [0.717, 1.165) is 17.5 Å². The van der Waals surface area contributed by atoms with Gasteiger partial charge in [0.15, 0.2) is 12.3 Å². The molecule has 0 bridgehead atoms. The topological polar surface area (TPSA) is 75.3 Å². The molecule has 0 unspecified atom stereocenters. The molecule has 0 aliphatic rings. The standard InChI is InChI=1S/C21H23N3O3/c1-3-12-24(13-16-10-8-15(2)9-11-16)19(25)14-27-21(26)20-17-6-4-5-7-18(17)22-23-20/h4-11H,3,12-14H2,1-2H3,(H,22,23). The Hall–Kier alpha value is -3.15. The van der Waals surface area contributed by atoms with Gasteiger partial charge in [-0.25, -0.2) is 4.79 Å². The lowest BCUT2D eigenvalue weighted by molar-refractivity contribution is -0.135. The number of aromatic amines is 1. The molecule has 6 nitrogen and oxygen atoms in total. The summed E-state index contributed by atoms with van der Waals surface area (Å²) in [6.07, 6.45) is 0.829. The highest BCUT2D eigenvalue weighted by Gasteiger charge is 2.19. The number of carbonyl (C=O) groups excluding carboxylic acids is 2. The summed E-state index contributed by atoms with van der Waals surface area (Å²) in [6.45, 7) is 4.84. The summed E-state index contributed by atoms with van der Waals surface area (Å²) in [5, 5.41) is 7.48. The van der Waals surface area contributed by atoms with E-state index in [1.165, 1.54) is 5.56 Å². The van der Waals surface area contributed by atoms with Crippen molar-refractivity contribution in [2.45, 2.75) is 26.8 Å². The van der Waals surface area contributed by atoms with Gasteiger partial charge in [0, 0.05) is 18.5 Å². The molecule has 0 atom stereocenters. The van der Waals surface area contributed by atoms with Crippen LogP contribution < -0.4 is 0 Å². The number of aryl methyl sites for hydroxylation is 1. The first-order chi connectivity index (χ1) is 13.1. The molecule has 3 rings (SSSR count). The van der Waals surface area contributed by atoms with E-state index in [1.807, 2.05) is 56.3 Å². The van der Waals surface area contributed by atoms with Crippen molar-refractivity contribution in [2.75, 3.05) is 13.2 Å². The molecule has 0 radical (unpaired) electrons. The fourth-order valence-corrected chi connectivity index (χ4v) is 2.88. The van der Waals surface area contributed by atoms with Crippen molar-refractivity contribution in [1.82, 2.24) is 15.1 Å². The van der Waals surface area contributed by atoms with Crippen molar-refractivity contribution in [2.24, 2.45) is 0 Å². The second kappa shape index (κ2) is 8.49. The van der Waals surface area contributed by atoms with Crippen LogP contribution in [0.15, 0.2) is 48.5 Å². The first kappa shape index (κ1) is 18.6. The van der Waals surface area contributed by atoms with Crippen LogP contribution in [0.5, 0.6) is 0 Å². The third-order valence-electron chi connectivity index (χ3n) is 4.33. The Morgan fingerprint density at radius 2 is 1.85 bits per heavy atom. The van der Waals surface area contributed by atoms with Crippen molar-refractivity contribution < 1.29 is 14.3 Å². The minimum absolute atomic E-state index is 0.193. The third-order valence-corrected chi connectivity index (χ3v) is 4.33. The Labute approximate surface area is 158 Å². The molecule has 1 N–H and O–H groups in total. The van der Waals surface area contributed by atoms with Gasteiger partial charge in [-0.05, 0) is 25.0 Å². The fraction of sp³-hybridized carbons (Fsp3) is 0.286. The number of rotatable bonds is 7. The SMILES string of the molecule is CCCN(Cc1ccc(C)cc1)C(=O)COC(=O)c1n[nH]c2ccccc12. The third kappa shape index (κ3) is 4.53. The first-order valence-electron chi connectivity index (χ1n) is 9.02. The van der Waals surface area contributed by atoms with Crippen molar-refractivity contribution in [3.63, 3.8) is 0 Å². The summed E-state index contributed by atoms with van der Waals surface area (Å²) in [5.74, 6) is -0.821. The number of nitrogens with zero attached hydrogens (tertiary/aromatic N) is 2. The molecule has 0 saturated carbocycles. The lowest BCUT2D eigenvalue weighted by Gasteiger charge is -2.22. The zero-order valence-electron chi connectivity index (χ0n) is 15.6. The molecule has 2 aromatic carbocycles. The van der Waals surface area contributed by atoms with Gasteiger partial charge >= 0.3 is 5.97 Å². The number of ether oxygens (including phenoxy) is 1. The molecular weight excluding hydrogens is 342 g/mol. The number of hydrogen-bond donors (Lipinski definition) is 1. The van der Waals surface area contributed by atoms with Gasteiger partial charge < -0.3 is 9.64 Å². The van der Waals surface area contributed by atoms with Gasteiger partial charge in [0.1, 0.15) is 0 Å². The molecule has 0 saturated heterocycles. The smallest absolute Gasteiger partial charge is 0.359 e. The molecular formula is C21H23N3O3. The van der Waals surface area contributed by atoms with Crippen LogP contribution in [0.1, 0.15) is 35.0 Å².